The topological polar surface area (TPSA) is 64.7 Å². The number of fused-ring (bicyclic) bond motifs is 9. The van der Waals surface area contributed by atoms with Crippen LogP contribution in [0.2, 0.25) is 0 Å². The SMILES string of the molecule is c1ccc2c(c1)oc1cc(-c3ncc4c5ccccc5c5cncnc5c4n3)ccc12. The number of benzene rings is 4. The van der Waals surface area contributed by atoms with Gasteiger partial charge < -0.3 is 4.42 Å². The van der Waals surface area contributed by atoms with E-state index in [0.717, 1.165) is 60.1 Å². The van der Waals surface area contributed by atoms with Crippen LogP contribution in [0.25, 0.3) is 65.9 Å². The summed E-state index contributed by atoms with van der Waals surface area (Å²) < 4.78 is 6.05. The lowest BCUT2D eigenvalue weighted by atomic mass is 10.0. The molecule has 5 heteroatoms. The lowest BCUT2D eigenvalue weighted by molar-refractivity contribution is 0.669. The predicted molar refractivity (Wildman–Crippen MR) is 123 cm³/mol. The van der Waals surface area contributed by atoms with Gasteiger partial charge >= 0.3 is 0 Å². The summed E-state index contributed by atoms with van der Waals surface area (Å²) in [5.74, 6) is 0.644. The molecule has 3 aromatic heterocycles. The van der Waals surface area contributed by atoms with Crippen LogP contribution in [0.15, 0.2) is 89.9 Å². The maximum atomic E-state index is 6.05. The average Bonchev–Trinajstić information content (AvgIpc) is 3.22. The Kier molecular flexibility index (Phi) is 3.21. The van der Waals surface area contributed by atoms with Crippen molar-refractivity contribution in [3.05, 3.63) is 85.5 Å². The number of nitrogens with zero attached hydrogens (tertiary/aromatic N) is 4. The van der Waals surface area contributed by atoms with Gasteiger partial charge in [-0.05, 0) is 29.0 Å². The van der Waals surface area contributed by atoms with Gasteiger partial charge in [0.15, 0.2) is 5.82 Å². The molecule has 0 aliphatic heterocycles. The second-order valence-electron chi connectivity index (χ2n) is 7.60. The zero-order valence-electron chi connectivity index (χ0n) is 16.3. The largest absolute Gasteiger partial charge is 0.456 e. The number of para-hydroxylation sites is 1. The Labute approximate surface area is 176 Å². The highest BCUT2D eigenvalue weighted by Gasteiger charge is 2.14. The minimum Gasteiger partial charge on any atom is -0.456 e. The van der Waals surface area contributed by atoms with Crippen molar-refractivity contribution in [1.82, 2.24) is 19.9 Å². The number of hydrogen-bond donors (Lipinski definition) is 0. The first kappa shape index (κ1) is 16.4. The molecule has 7 aromatic rings. The van der Waals surface area contributed by atoms with Gasteiger partial charge in [-0.2, -0.15) is 0 Å². The van der Waals surface area contributed by atoms with E-state index in [1.165, 1.54) is 0 Å². The standard InChI is InChI=1S/C26H14N4O/c1-2-6-17-16(5-1)20-12-27-14-29-24(20)25-21(17)13-28-26(30-25)15-9-10-19-18-7-3-4-8-22(18)31-23(19)11-15/h1-14H. The van der Waals surface area contributed by atoms with Crippen molar-refractivity contribution in [1.29, 1.82) is 0 Å². The fourth-order valence-electron chi connectivity index (χ4n) is 4.43. The fourth-order valence-corrected chi connectivity index (χ4v) is 4.43. The van der Waals surface area contributed by atoms with Crippen molar-refractivity contribution < 1.29 is 4.42 Å². The Bertz CT molecular complexity index is 1770. The Balaban J connectivity index is 1.52. The summed E-state index contributed by atoms with van der Waals surface area (Å²) in [4.78, 5) is 18.4. The number of furan rings is 1. The summed E-state index contributed by atoms with van der Waals surface area (Å²) in [7, 11) is 0. The molecule has 0 amide bonds. The third kappa shape index (κ3) is 2.31. The monoisotopic (exact) mass is 398 g/mol. The summed E-state index contributed by atoms with van der Waals surface area (Å²) in [6.45, 7) is 0. The van der Waals surface area contributed by atoms with Crippen molar-refractivity contribution >= 4 is 54.5 Å². The number of aromatic nitrogens is 4. The Morgan fingerprint density at radius 3 is 2.19 bits per heavy atom. The zero-order valence-corrected chi connectivity index (χ0v) is 16.3. The van der Waals surface area contributed by atoms with Gasteiger partial charge in [-0.3, -0.25) is 0 Å². The molecule has 0 atom stereocenters. The molecular formula is C26H14N4O. The van der Waals surface area contributed by atoms with Crippen LogP contribution in [-0.2, 0) is 0 Å². The summed E-state index contributed by atoms with van der Waals surface area (Å²) in [6.07, 6.45) is 5.31. The quantitative estimate of drug-likeness (QED) is 0.304. The maximum absolute atomic E-state index is 6.05. The van der Waals surface area contributed by atoms with E-state index >= 15 is 0 Å². The minimum absolute atomic E-state index is 0.644. The van der Waals surface area contributed by atoms with E-state index in [4.69, 9.17) is 14.4 Å². The lowest BCUT2D eigenvalue weighted by Gasteiger charge is -2.09. The minimum atomic E-state index is 0.644. The van der Waals surface area contributed by atoms with Crippen LogP contribution in [0.5, 0.6) is 0 Å². The van der Waals surface area contributed by atoms with E-state index in [-0.39, 0.29) is 0 Å². The molecule has 0 saturated heterocycles. The molecule has 31 heavy (non-hydrogen) atoms. The second-order valence-corrected chi connectivity index (χ2v) is 7.60. The molecule has 0 unspecified atom stereocenters. The van der Waals surface area contributed by atoms with Gasteiger partial charge in [-0.1, -0.05) is 48.5 Å². The molecule has 0 fully saturated rings. The lowest BCUT2D eigenvalue weighted by Crippen LogP contribution is -1.94. The summed E-state index contributed by atoms with van der Waals surface area (Å²) >= 11 is 0. The highest BCUT2D eigenvalue weighted by molar-refractivity contribution is 6.22. The van der Waals surface area contributed by atoms with Crippen LogP contribution < -0.4 is 0 Å². The molecule has 0 aliphatic rings. The molecule has 5 nitrogen and oxygen atoms in total. The van der Waals surface area contributed by atoms with E-state index in [0.29, 0.717) is 5.82 Å². The van der Waals surface area contributed by atoms with Crippen molar-refractivity contribution in [3.63, 3.8) is 0 Å². The Hall–Kier alpha value is -4.38. The molecule has 0 N–H and O–H groups in total. The van der Waals surface area contributed by atoms with Gasteiger partial charge in [0.25, 0.3) is 0 Å². The first-order valence-corrected chi connectivity index (χ1v) is 10.1. The van der Waals surface area contributed by atoms with Gasteiger partial charge in [0, 0.05) is 39.5 Å². The smallest absolute Gasteiger partial charge is 0.160 e. The molecule has 0 saturated carbocycles. The predicted octanol–water partition coefficient (Wildman–Crippen LogP) is 6.29. The van der Waals surface area contributed by atoms with E-state index in [1.807, 2.05) is 54.9 Å². The molecule has 7 rings (SSSR count). The summed E-state index contributed by atoms with van der Waals surface area (Å²) in [5.41, 5.74) is 4.27. The van der Waals surface area contributed by atoms with Gasteiger partial charge in [0.1, 0.15) is 28.5 Å². The van der Waals surface area contributed by atoms with Crippen molar-refractivity contribution in [2.75, 3.05) is 0 Å². The van der Waals surface area contributed by atoms with E-state index in [1.54, 1.807) is 6.33 Å². The zero-order chi connectivity index (χ0) is 20.4. The summed E-state index contributed by atoms with van der Waals surface area (Å²) in [5, 5.41) is 6.37. The van der Waals surface area contributed by atoms with Gasteiger partial charge in [0.2, 0.25) is 0 Å². The highest BCUT2D eigenvalue weighted by atomic mass is 16.3. The van der Waals surface area contributed by atoms with E-state index in [9.17, 15) is 0 Å². The van der Waals surface area contributed by atoms with Crippen LogP contribution in [0, 0.1) is 0 Å². The Morgan fingerprint density at radius 2 is 1.32 bits per heavy atom. The first-order valence-electron chi connectivity index (χ1n) is 10.1. The number of hydrogen-bond acceptors (Lipinski definition) is 5. The van der Waals surface area contributed by atoms with Crippen LogP contribution >= 0.6 is 0 Å². The molecule has 3 heterocycles. The molecular weight excluding hydrogens is 384 g/mol. The first-order chi connectivity index (χ1) is 15.4. The molecule has 0 aliphatic carbocycles. The third-order valence-electron chi connectivity index (χ3n) is 5.87. The maximum Gasteiger partial charge on any atom is 0.160 e. The van der Waals surface area contributed by atoms with Gasteiger partial charge in [0.05, 0.1) is 0 Å². The van der Waals surface area contributed by atoms with Crippen molar-refractivity contribution in [3.8, 4) is 11.4 Å². The van der Waals surface area contributed by atoms with E-state index in [2.05, 4.69) is 34.2 Å². The van der Waals surface area contributed by atoms with Crippen molar-refractivity contribution in [2.24, 2.45) is 0 Å². The second kappa shape index (κ2) is 6.06. The normalized spacial score (nSPS) is 11.9. The third-order valence-corrected chi connectivity index (χ3v) is 5.87. The molecule has 0 bridgehead atoms. The number of rotatable bonds is 1. The fraction of sp³-hybridized carbons (Fsp3) is 0. The Morgan fingerprint density at radius 1 is 0.581 bits per heavy atom. The van der Waals surface area contributed by atoms with Gasteiger partial charge in [-0.25, -0.2) is 19.9 Å². The van der Waals surface area contributed by atoms with Gasteiger partial charge in [-0.15, -0.1) is 0 Å². The summed E-state index contributed by atoms with van der Waals surface area (Å²) in [6, 6.07) is 22.4. The van der Waals surface area contributed by atoms with Crippen LogP contribution in [0.1, 0.15) is 0 Å². The van der Waals surface area contributed by atoms with Crippen LogP contribution in [0.3, 0.4) is 0 Å². The van der Waals surface area contributed by atoms with Crippen molar-refractivity contribution in [2.45, 2.75) is 0 Å². The molecule has 4 aromatic carbocycles. The van der Waals surface area contributed by atoms with Crippen LogP contribution in [-0.4, -0.2) is 19.9 Å². The van der Waals surface area contributed by atoms with E-state index < -0.39 is 0 Å². The highest BCUT2D eigenvalue weighted by Crippen LogP contribution is 2.34. The molecule has 0 radical (unpaired) electrons. The molecule has 144 valence electrons. The van der Waals surface area contributed by atoms with Crippen LogP contribution in [0.4, 0.5) is 0 Å². The average molecular weight is 398 g/mol. The molecule has 0 spiro atoms.